The molecule has 114 valence electrons. The molecule has 1 amide bonds. The van der Waals surface area contributed by atoms with Crippen LogP contribution in [0.4, 0.5) is 0 Å². The van der Waals surface area contributed by atoms with Crippen LogP contribution in [-0.4, -0.2) is 37.6 Å². The summed E-state index contributed by atoms with van der Waals surface area (Å²) in [6.07, 6.45) is 4.80. The zero-order valence-electron chi connectivity index (χ0n) is 12.7. The Morgan fingerprint density at radius 3 is 2.52 bits per heavy atom. The van der Waals surface area contributed by atoms with E-state index in [-0.39, 0.29) is 5.91 Å². The van der Waals surface area contributed by atoms with Crippen LogP contribution in [0.5, 0.6) is 5.75 Å². The molecule has 1 unspecified atom stereocenters. The van der Waals surface area contributed by atoms with Crippen LogP contribution in [0.3, 0.4) is 0 Å². The second-order valence-electron chi connectivity index (χ2n) is 6.06. The van der Waals surface area contributed by atoms with Crippen LogP contribution in [0.25, 0.3) is 0 Å². The molecule has 1 aromatic carbocycles. The lowest BCUT2D eigenvalue weighted by molar-refractivity contribution is -0.129. The van der Waals surface area contributed by atoms with Crippen molar-refractivity contribution in [1.82, 2.24) is 10.2 Å². The van der Waals surface area contributed by atoms with E-state index in [9.17, 15) is 4.79 Å². The highest BCUT2D eigenvalue weighted by molar-refractivity contribution is 5.78. The molecule has 1 aliphatic heterocycles. The van der Waals surface area contributed by atoms with Gasteiger partial charge in [0.15, 0.2) is 0 Å². The lowest BCUT2D eigenvalue weighted by atomic mass is 10.0. The van der Waals surface area contributed by atoms with E-state index in [0.29, 0.717) is 18.5 Å². The van der Waals surface area contributed by atoms with Crippen molar-refractivity contribution in [3.63, 3.8) is 0 Å². The van der Waals surface area contributed by atoms with Crippen molar-refractivity contribution in [2.45, 2.75) is 31.7 Å². The number of benzene rings is 1. The third-order valence-corrected chi connectivity index (χ3v) is 4.50. The number of ether oxygens (including phenoxy) is 1. The Kier molecular flexibility index (Phi) is 4.44. The molecule has 2 aliphatic rings. The van der Waals surface area contributed by atoms with Gasteiger partial charge in [-0.15, -0.1) is 0 Å². The van der Waals surface area contributed by atoms with Crippen LogP contribution in [0, 0.1) is 5.92 Å². The maximum absolute atomic E-state index is 12.2. The first-order chi connectivity index (χ1) is 10.3. The van der Waals surface area contributed by atoms with Gasteiger partial charge >= 0.3 is 0 Å². The first kappa shape index (κ1) is 14.4. The minimum Gasteiger partial charge on any atom is -0.497 e. The molecule has 1 saturated heterocycles. The Morgan fingerprint density at radius 1 is 1.29 bits per heavy atom. The Hall–Kier alpha value is -1.55. The zero-order valence-corrected chi connectivity index (χ0v) is 12.7. The average molecular weight is 288 g/mol. The molecule has 1 heterocycles. The molecule has 0 spiro atoms. The van der Waals surface area contributed by atoms with Crippen LogP contribution in [0.15, 0.2) is 24.3 Å². The SMILES string of the molecule is COc1ccc(C(NCC(=O)N2CCCC2)C2CC2)cc1. The van der Waals surface area contributed by atoms with Crippen LogP contribution in [0.2, 0.25) is 0 Å². The number of amides is 1. The summed E-state index contributed by atoms with van der Waals surface area (Å²) in [4.78, 5) is 14.1. The largest absolute Gasteiger partial charge is 0.497 e. The number of methoxy groups -OCH3 is 1. The van der Waals surface area contributed by atoms with E-state index in [1.807, 2.05) is 17.0 Å². The lowest BCUT2D eigenvalue weighted by Crippen LogP contribution is -2.38. The number of rotatable bonds is 6. The summed E-state index contributed by atoms with van der Waals surface area (Å²) in [5, 5.41) is 3.48. The standard InChI is InChI=1S/C17H24N2O2/c1-21-15-8-6-14(7-9-15)17(13-4-5-13)18-12-16(20)19-10-2-3-11-19/h6-9,13,17-18H,2-5,10-12H2,1H3. The normalized spacial score (nSPS) is 19.6. The van der Waals surface area contributed by atoms with E-state index in [1.54, 1.807) is 7.11 Å². The highest BCUT2D eigenvalue weighted by atomic mass is 16.5. The van der Waals surface area contributed by atoms with Gasteiger partial charge < -0.3 is 15.0 Å². The predicted octanol–water partition coefficient (Wildman–Crippen LogP) is 2.36. The van der Waals surface area contributed by atoms with Crippen molar-refractivity contribution in [2.75, 3.05) is 26.7 Å². The number of hydrogen-bond acceptors (Lipinski definition) is 3. The van der Waals surface area contributed by atoms with Gasteiger partial charge in [-0.1, -0.05) is 12.1 Å². The molecule has 4 heteroatoms. The summed E-state index contributed by atoms with van der Waals surface area (Å²) in [7, 11) is 1.68. The maximum Gasteiger partial charge on any atom is 0.236 e. The molecule has 21 heavy (non-hydrogen) atoms. The number of carbonyl (C=O) groups is 1. The van der Waals surface area contributed by atoms with Gasteiger partial charge in [0.1, 0.15) is 5.75 Å². The maximum atomic E-state index is 12.2. The molecule has 1 aliphatic carbocycles. The highest BCUT2D eigenvalue weighted by Crippen LogP contribution is 2.41. The molecule has 1 atom stereocenters. The average Bonchev–Trinajstić information content (AvgIpc) is 3.20. The molecule has 0 aromatic heterocycles. The Balaban J connectivity index is 1.60. The molecule has 0 radical (unpaired) electrons. The van der Waals surface area contributed by atoms with E-state index in [2.05, 4.69) is 17.4 Å². The van der Waals surface area contributed by atoms with Gasteiger partial charge in [0.25, 0.3) is 0 Å². The monoisotopic (exact) mass is 288 g/mol. The quantitative estimate of drug-likeness (QED) is 0.873. The fourth-order valence-corrected chi connectivity index (χ4v) is 3.07. The number of nitrogens with zero attached hydrogens (tertiary/aromatic N) is 1. The summed E-state index contributed by atoms with van der Waals surface area (Å²) in [5.41, 5.74) is 1.26. The second kappa shape index (κ2) is 6.48. The van der Waals surface area contributed by atoms with Crippen molar-refractivity contribution < 1.29 is 9.53 Å². The number of likely N-dealkylation sites (tertiary alicyclic amines) is 1. The molecular formula is C17H24N2O2. The fraction of sp³-hybridized carbons (Fsp3) is 0.588. The van der Waals surface area contributed by atoms with Crippen molar-refractivity contribution >= 4 is 5.91 Å². The Morgan fingerprint density at radius 2 is 1.95 bits per heavy atom. The fourth-order valence-electron chi connectivity index (χ4n) is 3.07. The third kappa shape index (κ3) is 3.56. The van der Waals surface area contributed by atoms with Crippen molar-refractivity contribution in [3.05, 3.63) is 29.8 Å². The van der Waals surface area contributed by atoms with Crippen LogP contribution in [-0.2, 0) is 4.79 Å². The minimum atomic E-state index is 0.242. The van der Waals surface area contributed by atoms with E-state index in [0.717, 1.165) is 31.7 Å². The summed E-state index contributed by atoms with van der Waals surface area (Å²) < 4.78 is 5.21. The van der Waals surface area contributed by atoms with Crippen molar-refractivity contribution in [3.8, 4) is 5.75 Å². The van der Waals surface area contributed by atoms with Crippen LogP contribution < -0.4 is 10.1 Å². The van der Waals surface area contributed by atoms with Gasteiger partial charge in [-0.05, 0) is 49.3 Å². The summed E-state index contributed by atoms with van der Waals surface area (Å²) in [6, 6.07) is 8.50. The molecule has 2 fully saturated rings. The molecule has 1 saturated carbocycles. The topological polar surface area (TPSA) is 41.6 Å². The Labute approximate surface area is 126 Å². The highest BCUT2D eigenvalue weighted by Gasteiger charge is 2.32. The molecular weight excluding hydrogens is 264 g/mol. The van der Waals surface area contributed by atoms with Gasteiger partial charge in [-0.25, -0.2) is 0 Å². The van der Waals surface area contributed by atoms with Crippen molar-refractivity contribution in [1.29, 1.82) is 0 Å². The summed E-state index contributed by atoms with van der Waals surface area (Å²) >= 11 is 0. The molecule has 1 N–H and O–H groups in total. The molecule has 3 rings (SSSR count). The van der Waals surface area contributed by atoms with E-state index < -0.39 is 0 Å². The van der Waals surface area contributed by atoms with E-state index in [4.69, 9.17) is 4.74 Å². The number of carbonyl (C=O) groups excluding carboxylic acids is 1. The minimum absolute atomic E-state index is 0.242. The lowest BCUT2D eigenvalue weighted by Gasteiger charge is -2.21. The predicted molar refractivity (Wildman–Crippen MR) is 82.3 cm³/mol. The van der Waals surface area contributed by atoms with Gasteiger partial charge in [-0.2, -0.15) is 0 Å². The zero-order chi connectivity index (χ0) is 14.7. The summed E-state index contributed by atoms with van der Waals surface area (Å²) in [6.45, 7) is 2.31. The first-order valence-electron chi connectivity index (χ1n) is 7.93. The van der Waals surface area contributed by atoms with Gasteiger partial charge in [0.05, 0.1) is 13.7 Å². The number of hydrogen-bond donors (Lipinski definition) is 1. The third-order valence-electron chi connectivity index (χ3n) is 4.50. The van der Waals surface area contributed by atoms with Crippen LogP contribution >= 0.6 is 0 Å². The van der Waals surface area contributed by atoms with Gasteiger partial charge in [0, 0.05) is 19.1 Å². The second-order valence-corrected chi connectivity index (χ2v) is 6.06. The molecule has 1 aromatic rings. The summed E-state index contributed by atoms with van der Waals surface area (Å²) in [5.74, 6) is 1.79. The van der Waals surface area contributed by atoms with Gasteiger partial charge in [-0.3, -0.25) is 4.79 Å². The molecule has 0 bridgehead atoms. The molecule has 4 nitrogen and oxygen atoms in total. The van der Waals surface area contributed by atoms with E-state index in [1.165, 1.54) is 18.4 Å². The number of nitrogens with one attached hydrogen (secondary N) is 1. The first-order valence-corrected chi connectivity index (χ1v) is 7.93. The smallest absolute Gasteiger partial charge is 0.236 e. The van der Waals surface area contributed by atoms with Crippen LogP contribution in [0.1, 0.15) is 37.3 Å². The van der Waals surface area contributed by atoms with Gasteiger partial charge in [0.2, 0.25) is 5.91 Å². The van der Waals surface area contributed by atoms with E-state index >= 15 is 0 Å². The van der Waals surface area contributed by atoms with Crippen molar-refractivity contribution in [2.24, 2.45) is 5.92 Å². The Bertz CT molecular complexity index is 476.